The molecule has 3 unspecified atom stereocenters. The Balaban J connectivity index is 1.65. The van der Waals surface area contributed by atoms with Gasteiger partial charge in [0.25, 0.3) is 5.91 Å². The average molecular weight is 440 g/mol. The number of ether oxygens (including phenoxy) is 1. The number of hydrogen-bond acceptors (Lipinski definition) is 4. The summed E-state index contributed by atoms with van der Waals surface area (Å²) < 4.78 is 5.82. The van der Waals surface area contributed by atoms with E-state index in [4.69, 9.17) is 21.4 Å². The molecule has 0 spiro atoms. The van der Waals surface area contributed by atoms with Gasteiger partial charge in [0.2, 0.25) is 0 Å². The molecule has 2 aliphatic heterocycles. The molecule has 2 aromatic carbocycles. The first kappa shape index (κ1) is 22.0. The van der Waals surface area contributed by atoms with E-state index in [2.05, 4.69) is 50.8 Å². The van der Waals surface area contributed by atoms with Crippen LogP contribution < -0.4 is 0 Å². The van der Waals surface area contributed by atoms with E-state index in [1.807, 2.05) is 24.3 Å². The van der Waals surface area contributed by atoms with Crippen molar-refractivity contribution >= 4 is 23.2 Å². The molecule has 5 nitrogen and oxygen atoms in total. The van der Waals surface area contributed by atoms with Crippen molar-refractivity contribution < 1.29 is 9.53 Å². The van der Waals surface area contributed by atoms with Crippen LogP contribution in [0.1, 0.15) is 48.6 Å². The maximum absolute atomic E-state index is 13.5. The van der Waals surface area contributed by atoms with Crippen LogP contribution >= 0.6 is 11.6 Å². The number of rotatable bonds is 4. The van der Waals surface area contributed by atoms with E-state index in [-0.39, 0.29) is 24.2 Å². The number of amides is 1. The second-order valence-electron chi connectivity index (χ2n) is 8.80. The van der Waals surface area contributed by atoms with Gasteiger partial charge >= 0.3 is 0 Å². The van der Waals surface area contributed by atoms with Gasteiger partial charge in [-0.1, -0.05) is 53.6 Å². The average Bonchev–Trinajstić information content (AvgIpc) is 3.14. The Morgan fingerprint density at radius 1 is 1.13 bits per heavy atom. The number of morpholine rings is 1. The molecule has 31 heavy (non-hydrogen) atoms. The molecular formula is C25H30ClN3O2. The summed E-state index contributed by atoms with van der Waals surface area (Å²) in [5.41, 5.74) is 5.23. The number of carbonyl (C=O) groups is 1. The fourth-order valence-corrected chi connectivity index (χ4v) is 4.88. The maximum Gasteiger partial charge on any atom is 0.257 e. The zero-order valence-corrected chi connectivity index (χ0v) is 19.4. The number of carbonyl (C=O) groups excluding carboxylic acids is 1. The predicted octanol–water partition coefficient (Wildman–Crippen LogP) is 4.74. The summed E-state index contributed by atoms with van der Waals surface area (Å²) >= 11 is 6.46. The molecule has 0 aromatic heterocycles. The minimum absolute atomic E-state index is 0.00857. The van der Waals surface area contributed by atoms with Crippen molar-refractivity contribution in [3.8, 4) is 0 Å². The highest BCUT2D eigenvalue weighted by Crippen LogP contribution is 2.36. The molecule has 6 heteroatoms. The second-order valence-corrected chi connectivity index (χ2v) is 9.20. The quantitative estimate of drug-likeness (QED) is 0.690. The van der Waals surface area contributed by atoms with E-state index in [9.17, 15) is 4.79 Å². The van der Waals surface area contributed by atoms with Crippen molar-refractivity contribution in [1.29, 1.82) is 0 Å². The largest absolute Gasteiger partial charge is 0.373 e. The van der Waals surface area contributed by atoms with Gasteiger partial charge in [0.1, 0.15) is 0 Å². The van der Waals surface area contributed by atoms with Crippen LogP contribution in [-0.2, 0) is 9.53 Å². The van der Waals surface area contributed by atoms with Gasteiger partial charge in [-0.05, 0) is 44.9 Å². The predicted molar refractivity (Wildman–Crippen MR) is 125 cm³/mol. The Kier molecular flexibility index (Phi) is 6.47. The van der Waals surface area contributed by atoms with Crippen LogP contribution in [0.4, 0.5) is 0 Å². The number of hydrogen-bond donors (Lipinski definition) is 0. The van der Waals surface area contributed by atoms with Crippen molar-refractivity contribution in [2.24, 2.45) is 5.10 Å². The molecule has 2 aliphatic rings. The lowest BCUT2D eigenvalue weighted by molar-refractivity contribution is -0.137. The van der Waals surface area contributed by atoms with Crippen molar-refractivity contribution in [2.45, 2.75) is 52.4 Å². The number of benzene rings is 2. The molecule has 2 aromatic rings. The molecule has 2 heterocycles. The molecule has 1 fully saturated rings. The van der Waals surface area contributed by atoms with Gasteiger partial charge in [-0.15, -0.1) is 0 Å². The normalized spacial score (nSPS) is 24.4. The van der Waals surface area contributed by atoms with Crippen LogP contribution in [0, 0.1) is 13.8 Å². The van der Waals surface area contributed by atoms with Gasteiger partial charge in [-0.3, -0.25) is 9.69 Å². The highest BCUT2D eigenvalue weighted by molar-refractivity contribution is 6.34. The summed E-state index contributed by atoms with van der Waals surface area (Å²) in [7, 11) is 0. The lowest BCUT2D eigenvalue weighted by Gasteiger charge is -2.35. The first-order chi connectivity index (χ1) is 14.8. The molecule has 0 aliphatic carbocycles. The van der Waals surface area contributed by atoms with Crippen LogP contribution in [0.3, 0.4) is 0 Å². The summed E-state index contributed by atoms with van der Waals surface area (Å²) in [6, 6.07) is 14.0. The SMILES string of the molecule is Cc1ccc(C)c(C2CC(c3ccccc3Cl)=NN2C(=O)CN2CC(C)OC(C)C2)c1. The third kappa shape index (κ3) is 4.84. The van der Waals surface area contributed by atoms with Gasteiger partial charge in [0.15, 0.2) is 0 Å². The maximum atomic E-state index is 13.5. The minimum Gasteiger partial charge on any atom is -0.373 e. The topological polar surface area (TPSA) is 45.1 Å². The zero-order chi connectivity index (χ0) is 22.1. The van der Waals surface area contributed by atoms with Crippen LogP contribution in [0.5, 0.6) is 0 Å². The van der Waals surface area contributed by atoms with Crippen LogP contribution in [0.15, 0.2) is 47.6 Å². The van der Waals surface area contributed by atoms with Crippen molar-refractivity contribution in [3.05, 3.63) is 69.7 Å². The standard InChI is InChI=1S/C25H30ClN3O2/c1-16-9-10-17(2)21(11-16)24-12-23(20-7-5-6-8-22(20)26)27-29(24)25(30)15-28-13-18(3)31-19(4)14-28/h5-11,18-19,24H,12-15H2,1-4H3. The Morgan fingerprint density at radius 2 is 1.84 bits per heavy atom. The Bertz CT molecular complexity index is 996. The van der Waals surface area contributed by atoms with Gasteiger partial charge in [0, 0.05) is 30.1 Å². The van der Waals surface area contributed by atoms with Crippen molar-refractivity contribution in [3.63, 3.8) is 0 Å². The Hall–Kier alpha value is -2.21. The third-order valence-corrected chi connectivity index (χ3v) is 6.33. The number of nitrogens with zero attached hydrogens (tertiary/aromatic N) is 3. The summed E-state index contributed by atoms with van der Waals surface area (Å²) in [5.74, 6) is 0.00857. The summed E-state index contributed by atoms with van der Waals surface area (Å²) in [5, 5.41) is 7.15. The van der Waals surface area contributed by atoms with Crippen molar-refractivity contribution in [2.75, 3.05) is 19.6 Å². The number of halogens is 1. The molecule has 3 atom stereocenters. The van der Waals surface area contributed by atoms with E-state index in [1.165, 1.54) is 5.56 Å². The minimum atomic E-state index is -0.130. The van der Waals surface area contributed by atoms with Gasteiger partial charge in [-0.25, -0.2) is 5.01 Å². The molecule has 4 rings (SSSR count). The Morgan fingerprint density at radius 3 is 2.55 bits per heavy atom. The molecule has 164 valence electrons. The third-order valence-electron chi connectivity index (χ3n) is 6.00. The highest BCUT2D eigenvalue weighted by atomic mass is 35.5. The van der Waals surface area contributed by atoms with Crippen LogP contribution in [0.2, 0.25) is 5.02 Å². The smallest absolute Gasteiger partial charge is 0.257 e. The van der Waals surface area contributed by atoms with Crippen LogP contribution in [-0.4, -0.2) is 53.4 Å². The lowest BCUT2D eigenvalue weighted by Crippen LogP contribution is -2.49. The second kappa shape index (κ2) is 9.11. The molecule has 1 saturated heterocycles. The lowest BCUT2D eigenvalue weighted by atomic mass is 9.94. The zero-order valence-electron chi connectivity index (χ0n) is 18.6. The summed E-state index contributed by atoms with van der Waals surface area (Å²) in [6.45, 7) is 10.1. The van der Waals surface area contributed by atoms with E-state index in [0.717, 1.165) is 35.5 Å². The molecule has 0 radical (unpaired) electrons. The first-order valence-corrected chi connectivity index (χ1v) is 11.3. The van der Waals surface area contributed by atoms with E-state index in [1.54, 1.807) is 5.01 Å². The summed E-state index contributed by atoms with van der Waals surface area (Å²) in [4.78, 5) is 15.6. The van der Waals surface area contributed by atoms with Gasteiger partial charge in [0.05, 0.1) is 30.5 Å². The monoisotopic (exact) mass is 439 g/mol. The van der Waals surface area contributed by atoms with E-state index in [0.29, 0.717) is 18.0 Å². The fourth-order valence-electron chi connectivity index (χ4n) is 4.64. The Labute approximate surface area is 189 Å². The molecular weight excluding hydrogens is 410 g/mol. The number of aryl methyl sites for hydroxylation is 2. The van der Waals surface area contributed by atoms with Gasteiger partial charge in [-0.2, -0.15) is 5.10 Å². The summed E-state index contributed by atoms with van der Waals surface area (Å²) in [6.07, 6.45) is 0.884. The molecule has 0 N–H and O–H groups in total. The molecule has 1 amide bonds. The van der Waals surface area contributed by atoms with Crippen molar-refractivity contribution in [1.82, 2.24) is 9.91 Å². The molecule has 0 saturated carbocycles. The molecule has 0 bridgehead atoms. The fraction of sp³-hybridized carbons (Fsp3) is 0.440. The van der Waals surface area contributed by atoms with Crippen LogP contribution in [0.25, 0.3) is 0 Å². The first-order valence-electron chi connectivity index (χ1n) is 10.9. The van der Waals surface area contributed by atoms with E-state index < -0.39 is 0 Å². The number of hydrazone groups is 1. The van der Waals surface area contributed by atoms with E-state index >= 15 is 0 Å². The van der Waals surface area contributed by atoms with Gasteiger partial charge < -0.3 is 4.74 Å². The highest BCUT2D eigenvalue weighted by Gasteiger charge is 2.36.